The Bertz CT molecular complexity index is 1710. The first-order valence-corrected chi connectivity index (χ1v) is 13.7. The number of halogens is 1. The minimum Gasteiger partial charge on any atom is -0.383 e. The van der Waals surface area contributed by atoms with Gasteiger partial charge in [0.25, 0.3) is 0 Å². The number of ketones is 1. The standard InChI is InChI=1S/C33H32FN5O/c1-21-17-30(39(38-21)27-11-9-23-14-16-37-32(35)28(23)20-27)31(40)19-24-18-26(10-12-29(24)34)33(36,15-13-22-7-8-22)25-5-3-2-4-6-25/h2-6,9-12,14,16-18,20,22H,7-8,13,15,19,36H2,1H3,(H2,35,37). The van der Waals surface area contributed by atoms with Gasteiger partial charge in [0, 0.05) is 18.0 Å². The van der Waals surface area contributed by atoms with Crippen LogP contribution in [0.5, 0.6) is 0 Å². The highest BCUT2D eigenvalue weighted by Gasteiger charge is 2.33. The molecule has 202 valence electrons. The van der Waals surface area contributed by atoms with Crippen molar-refractivity contribution in [1.82, 2.24) is 14.8 Å². The van der Waals surface area contributed by atoms with Crippen molar-refractivity contribution in [2.24, 2.45) is 11.7 Å². The first kappa shape index (κ1) is 25.9. The van der Waals surface area contributed by atoms with Crippen molar-refractivity contribution in [3.63, 3.8) is 0 Å². The molecule has 6 rings (SSSR count). The molecule has 40 heavy (non-hydrogen) atoms. The summed E-state index contributed by atoms with van der Waals surface area (Å²) in [7, 11) is 0. The molecule has 1 saturated carbocycles. The number of carbonyl (C=O) groups excluding carboxylic acids is 1. The van der Waals surface area contributed by atoms with Gasteiger partial charge in [0.1, 0.15) is 17.3 Å². The van der Waals surface area contributed by atoms with Gasteiger partial charge < -0.3 is 11.5 Å². The van der Waals surface area contributed by atoms with Crippen LogP contribution in [0.3, 0.4) is 0 Å². The second kappa shape index (κ2) is 10.3. The fourth-order valence-electron chi connectivity index (χ4n) is 5.49. The summed E-state index contributed by atoms with van der Waals surface area (Å²) < 4.78 is 16.8. The van der Waals surface area contributed by atoms with E-state index in [1.54, 1.807) is 29.1 Å². The lowest BCUT2D eigenvalue weighted by molar-refractivity contribution is 0.0984. The summed E-state index contributed by atoms with van der Waals surface area (Å²) >= 11 is 0. The Kier molecular flexibility index (Phi) is 6.68. The SMILES string of the molecule is Cc1cc(C(=O)Cc2cc(C(N)(CCC3CC3)c3ccccc3)ccc2F)n(-c2ccc3ccnc(N)c3c2)n1. The fraction of sp³-hybridized carbons (Fsp3) is 0.242. The van der Waals surface area contributed by atoms with Gasteiger partial charge in [0.15, 0.2) is 5.78 Å². The minimum absolute atomic E-state index is 0.115. The van der Waals surface area contributed by atoms with Crippen molar-refractivity contribution >= 4 is 22.4 Å². The van der Waals surface area contributed by atoms with Gasteiger partial charge in [0.05, 0.1) is 16.9 Å². The van der Waals surface area contributed by atoms with Crippen molar-refractivity contribution in [3.05, 3.63) is 119 Å². The minimum atomic E-state index is -0.771. The molecule has 0 saturated heterocycles. The third-order valence-corrected chi connectivity index (χ3v) is 7.99. The van der Waals surface area contributed by atoms with Crippen LogP contribution in [0.1, 0.15) is 58.6 Å². The number of nitrogens with two attached hydrogens (primary N) is 2. The topological polar surface area (TPSA) is 99.8 Å². The predicted molar refractivity (Wildman–Crippen MR) is 156 cm³/mol. The number of hydrogen-bond donors (Lipinski definition) is 2. The number of anilines is 1. The van der Waals surface area contributed by atoms with Crippen LogP contribution in [0.2, 0.25) is 0 Å². The predicted octanol–water partition coefficient (Wildman–Crippen LogP) is 6.27. The van der Waals surface area contributed by atoms with Crippen molar-refractivity contribution in [3.8, 4) is 5.69 Å². The summed E-state index contributed by atoms with van der Waals surface area (Å²) in [6, 6.07) is 24.2. The molecule has 5 aromatic rings. The summed E-state index contributed by atoms with van der Waals surface area (Å²) in [6.07, 6.45) is 5.79. The van der Waals surface area contributed by atoms with E-state index < -0.39 is 11.4 Å². The Morgan fingerprint density at radius 3 is 2.60 bits per heavy atom. The van der Waals surface area contributed by atoms with Gasteiger partial charge >= 0.3 is 0 Å². The number of benzene rings is 3. The summed E-state index contributed by atoms with van der Waals surface area (Å²) in [5, 5.41) is 6.28. The molecule has 4 N–H and O–H groups in total. The average molecular weight is 534 g/mol. The summed E-state index contributed by atoms with van der Waals surface area (Å²) in [4.78, 5) is 17.8. The van der Waals surface area contributed by atoms with E-state index in [0.29, 0.717) is 34.4 Å². The third-order valence-electron chi connectivity index (χ3n) is 7.99. The lowest BCUT2D eigenvalue weighted by Gasteiger charge is -2.31. The molecule has 3 aromatic carbocycles. The van der Waals surface area contributed by atoms with Crippen LogP contribution >= 0.6 is 0 Å². The molecule has 0 aliphatic heterocycles. The van der Waals surface area contributed by atoms with Crippen LogP contribution in [0.4, 0.5) is 10.2 Å². The van der Waals surface area contributed by atoms with Crippen LogP contribution in [0.15, 0.2) is 85.1 Å². The summed E-state index contributed by atoms with van der Waals surface area (Å²) in [6.45, 7) is 1.83. The lowest BCUT2D eigenvalue weighted by Crippen LogP contribution is -2.38. The number of pyridine rings is 1. The molecule has 1 fully saturated rings. The number of hydrogen-bond acceptors (Lipinski definition) is 5. The molecule has 1 aliphatic carbocycles. The molecule has 0 bridgehead atoms. The van der Waals surface area contributed by atoms with Gasteiger partial charge in [-0.2, -0.15) is 5.10 Å². The second-order valence-electron chi connectivity index (χ2n) is 10.9. The van der Waals surface area contributed by atoms with E-state index in [0.717, 1.165) is 34.7 Å². The number of Topliss-reactive ketones (excluding diaryl/α,β-unsaturated/α-hetero) is 1. The first-order chi connectivity index (χ1) is 19.3. The number of nitrogens with zero attached hydrogens (tertiary/aromatic N) is 3. The zero-order valence-corrected chi connectivity index (χ0v) is 22.5. The van der Waals surface area contributed by atoms with E-state index in [1.165, 1.54) is 18.9 Å². The van der Waals surface area contributed by atoms with Gasteiger partial charge in [-0.25, -0.2) is 14.1 Å². The van der Waals surface area contributed by atoms with Crippen molar-refractivity contribution in [1.29, 1.82) is 0 Å². The zero-order valence-electron chi connectivity index (χ0n) is 22.5. The number of fused-ring (bicyclic) bond motifs is 1. The van der Waals surface area contributed by atoms with Crippen LogP contribution < -0.4 is 11.5 Å². The average Bonchev–Trinajstić information content (AvgIpc) is 3.72. The number of nitrogen functional groups attached to an aromatic ring is 1. The largest absolute Gasteiger partial charge is 0.383 e. The molecule has 6 nitrogen and oxygen atoms in total. The Morgan fingerprint density at radius 1 is 1.02 bits per heavy atom. The highest BCUT2D eigenvalue weighted by Crippen LogP contribution is 2.40. The molecule has 0 amide bonds. The molecule has 1 atom stereocenters. The van der Waals surface area contributed by atoms with E-state index in [4.69, 9.17) is 11.5 Å². The molecule has 0 spiro atoms. The zero-order chi connectivity index (χ0) is 27.9. The van der Waals surface area contributed by atoms with Crippen LogP contribution in [0.25, 0.3) is 16.5 Å². The van der Waals surface area contributed by atoms with E-state index in [9.17, 15) is 4.79 Å². The number of rotatable bonds is 9. The van der Waals surface area contributed by atoms with E-state index >= 15 is 4.39 Å². The van der Waals surface area contributed by atoms with E-state index in [1.807, 2.05) is 61.5 Å². The molecular weight excluding hydrogens is 501 g/mol. The van der Waals surface area contributed by atoms with Gasteiger partial charge in [-0.15, -0.1) is 0 Å². The molecule has 2 heterocycles. The number of carbonyl (C=O) groups is 1. The molecule has 1 aliphatic rings. The molecule has 7 heteroatoms. The first-order valence-electron chi connectivity index (χ1n) is 13.7. The molecule has 0 radical (unpaired) electrons. The van der Waals surface area contributed by atoms with Crippen LogP contribution in [-0.4, -0.2) is 20.5 Å². The maximum absolute atomic E-state index is 15.2. The smallest absolute Gasteiger partial charge is 0.185 e. The van der Waals surface area contributed by atoms with Gasteiger partial charge in [0.2, 0.25) is 0 Å². The highest BCUT2D eigenvalue weighted by atomic mass is 19.1. The van der Waals surface area contributed by atoms with E-state index in [2.05, 4.69) is 10.1 Å². The highest BCUT2D eigenvalue weighted by molar-refractivity contribution is 5.97. The summed E-state index contributed by atoms with van der Waals surface area (Å²) in [5.41, 5.74) is 16.3. The van der Waals surface area contributed by atoms with Crippen molar-refractivity contribution in [2.45, 2.75) is 44.6 Å². The summed E-state index contributed by atoms with van der Waals surface area (Å²) in [5.74, 6) is 0.441. The number of aromatic nitrogens is 3. The number of aryl methyl sites for hydroxylation is 1. The van der Waals surface area contributed by atoms with Crippen molar-refractivity contribution < 1.29 is 9.18 Å². The van der Waals surface area contributed by atoms with Crippen LogP contribution in [0, 0.1) is 18.7 Å². The molecule has 2 aromatic heterocycles. The quantitative estimate of drug-likeness (QED) is 0.218. The monoisotopic (exact) mass is 533 g/mol. The third kappa shape index (κ3) is 5.00. The second-order valence-corrected chi connectivity index (χ2v) is 10.9. The Balaban J connectivity index is 1.34. The maximum Gasteiger partial charge on any atom is 0.185 e. The van der Waals surface area contributed by atoms with Crippen LogP contribution in [-0.2, 0) is 12.0 Å². The van der Waals surface area contributed by atoms with Gasteiger partial charge in [-0.05, 0) is 78.1 Å². The maximum atomic E-state index is 15.2. The fourth-order valence-corrected chi connectivity index (χ4v) is 5.49. The molecule has 1 unspecified atom stereocenters. The normalized spacial score (nSPS) is 14.8. The Hall–Kier alpha value is -4.36. The van der Waals surface area contributed by atoms with Gasteiger partial charge in [-0.1, -0.05) is 61.4 Å². The molecular formula is C33H32FN5O. The van der Waals surface area contributed by atoms with Crippen molar-refractivity contribution in [2.75, 3.05) is 5.73 Å². The lowest BCUT2D eigenvalue weighted by atomic mass is 9.79. The van der Waals surface area contributed by atoms with E-state index in [-0.39, 0.29) is 12.2 Å². The Labute approximate surface area is 232 Å². The van der Waals surface area contributed by atoms with Gasteiger partial charge in [-0.3, -0.25) is 4.79 Å². The Morgan fingerprint density at radius 2 is 1.82 bits per heavy atom.